The second-order valence-corrected chi connectivity index (χ2v) is 8.56. The maximum Gasteiger partial charge on any atom is 0.419 e. The van der Waals surface area contributed by atoms with Gasteiger partial charge in [0.1, 0.15) is 16.6 Å². The first-order valence-electron chi connectivity index (χ1n) is 9.58. The molecule has 0 spiro atoms. The molecule has 0 aliphatic rings. The molecule has 1 heterocycles. The highest BCUT2D eigenvalue weighted by Crippen LogP contribution is 2.33. The van der Waals surface area contributed by atoms with E-state index >= 15 is 0 Å². The van der Waals surface area contributed by atoms with Gasteiger partial charge >= 0.3 is 12.1 Å². The van der Waals surface area contributed by atoms with E-state index in [2.05, 4.69) is 9.36 Å². The molecule has 170 valence electrons. The van der Waals surface area contributed by atoms with Crippen LogP contribution in [0.3, 0.4) is 0 Å². The van der Waals surface area contributed by atoms with Gasteiger partial charge in [0, 0.05) is 12.0 Å². The van der Waals surface area contributed by atoms with E-state index in [1.165, 1.54) is 13.8 Å². The molecule has 0 radical (unpaired) electrons. The highest BCUT2D eigenvalue weighted by atomic mass is 32.1. The first kappa shape index (κ1) is 23.6. The van der Waals surface area contributed by atoms with Crippen molar-refractivity contribution in [3.8, 4) is 17.1 Å². The van der Waals surface area contributed by atoms with Crippen molar-refractivity contribution < 1.29 is 32.2 Å². The van der Waals surface area contributed by atoms with Crippen LogP contribution in [0.4, 0.5) is 17.6 Å². The van der Waals surface area contributed by atoms with Crippen molar-refractivity contribution in [2.75, 3.05) is 0 Å². The quantitative estimate of drug-likeness (QED) is 0.451. The fourth-order valence-corrected chi connectivity index (χ4v) is 3.57. The van der Waals surface area contributed by atoms with E-state index < -0.39 is 29.1 Å². The molecule has 3 aromatic rings. The Morgan fingerprint density at radius 1 is 1.12 bits per heavy atom. The summed E-state index contributed by atoms with van der Waals surface area (Å²) in [5.74, 6) is -1.78. The summed E-state index contributed by atoms with van der Waals surface area (Å²) < 4.78 is 61.7. The van der Waals surface area contributed by atoms with Gasteiger partial charge in [0.05, 0.1) is 5.56 Å². The standard InChI is InChI=1S/C22H20F4N2O3S/c1-12-10-13(4-8-17(12)31-21(2,3)20(29)30)5-9-18-27-19(28-32-18)14-6-7-15(16(23)11-14)22(24,25)26/h4,6-8,10-11H,5,9H2,1-3H3,(H,29,30). The number of carboxylic acid groups (broad SMARTS) is 1. The van der Waals surface area contributed by atoms with Crippen molar-refractivity contribution in [3.05, 3.63) is 63.9 Å². The summed E-state index contributed by atoms with van der Waals surface area (Å²) in [6.07, 6.45) is -3.62. The number of carbonyl (C=O) groups is 1. The van der Waals surface area contributed by atoms with E-state index in [0.29, 0.717) is 29.7 Å². The Morgan fingerprint density at radius 2 is 1.84 bits per heavy atom. The van der Waals surface area contributed by atoms with Crippen molar-refractivity contribution in [1.29, 1.82) is 0 Å². The molecule has 0 atom stereocenters. The minimum Gasteiger partial charge on any atom is -0.478 e. The highest BCUT2D eigenvalue weighted by molar-refractivity contribution is 7.05. The summed E-state index contributed by atoms with van der Waals surface area (Å²) in [7, 11) is 0. The van der Waals surface area contributed by atoms with E-state index in [1.54, 1.807) is 6.07 Å². The van der Waals surface area contributed by atoms with Gasteiger partial charge in [-0.15, -0.1) is 0 Å². The summed E-state index contributed by atoms with van der Waals surface area (Å²) in [6, 6.07) is 8.05. The lowest BCUT2D eigenvalue weighted by atomic mass is 10.1. The van der Waals surface area contributed by atoms with Crippen LogP contribution < -0.4 is 4.74 Å². The Morgan fingerprint density at radius 3 is 2.44 bits per heavy atom. The maximum absolute atomic E-state index is 13.8. The molecular formula is C22H20F4N2O3S. The molecule has 5 nitrogen and oxygen atoms in total. The minimum absolute atomic E-state index is 0.174. The third-order valence-corrected chi connectivity index (χ3v) is 5.52. The van der Waals surface area contributed by atoms with Crippen LogP contribution in [0.25, 0.3) is 11.4 Å². The van der Waals surface area contributed by atoms with E-state index in [9.17, 15) is 27.5 Å². The van der Waals surface area contributed by atoms with Gasteiger partial charge < -0.3 is 9.84 Å². The highest BCUT2D eigenvalue weighted by Gasteiger charge is 2.34. The number of benzene rings is 2. The Hall–Kier alpha value is -3.01. The van der Waals surface area contributed by atoms with Crippen LogP contribution >= 0.6 is 11.5 Å². The van der Waals surface area contributed by atoms with Crippen molar-refractivity contribution in [2.45, 2.75) is 45.4 Å². The Labute approximate surface area is 185 Å². The summed E-state index contributed by atoms with van der Waals surface area (Å²) >= 11 is 1.10. The number of aliphatic carboxylic acids is 1. The van der Waals surface area contributed by atoms with Crippen molar-refractivity contribution in [1.82, 2.24) is 9.36 Å². The third-order valence-electron chi connectivity index (χ3n) is 4.75. The summed E-state index contributed by atoms with van der Waals surface area (Å²) in [5.41, 5.74) is -0.745. The summed E-state index contributed by atoms with van der Waals surface area (Å²) in [6.45, 7) is 4.76. The average molecular weight is 468 g/mol. The Kier molecular flexibility index (Phi) is 6.54. The number of hydrogen-bond acceptors (Lipinski definition) is 5. The molecule has 0 unspecified atom stereocenters. The van der Waals surface area contributed by atoms with Crippen LogP contribution in [0.15, 0.2) is 36.4 Å². The topological polar surface area (TPSA) is 72.3 Å². The number of halogens is 4. The van der Waals surface area contributed by atoms with Crippen LogP contribution in [-0.4, -0.2) is 26.0 Å². The van der Waals surface area contributed by atoms with Gasteiger partial charge in [-0.3, -0.25) is 0 Å². The van der Waals surface area contributed by atoms with E-state index in [0.717, 1.165) is 34.8 Å². The monoisotopic (exact) mass is 468 g/mol. The van der Waals surface area contributed by atoms with Gasteiger partial charge in [-0.05, 0) is 68.1 Å². The molecule has 0 amide bonds. The summed E-state index contributed by atoms with van der Waals surface area (Å²) in [4.78, 5) is 15.5. The van der Waals surface area contributed by atoms with Gasteiger partial charge in [-0.1, -0.05) is 18.2 Å². The number of hydrogen-bond donors (Lipinski definition) is 1. The minimum atomic E-state index is -4.76. The molecule has 2 aromatic carbocycles. The lowest BCUT2D eigenvalue weighted by molar-refractivity contribution is -0.152. The zero-order valence-corrected chi connectivity index (χ0v) is 18.3. The molecule has 0 fully saturated rings. The number of alkyl halides is 3. The van der Waals surface area contributed by atoms with Crippen LogP contribution in [0.5, 0.6) is 5.75 Å². The molecule has 10 heteroatoms. The number of nitrogens with zero attached hydrogens (tertiary/aromatic N) is 2. The maximum atomic E-state index is 13.8. The number of ether oxygens (including phenoxy) is 1. The lowest BCUT2D eigenvalue weighted by Crippen LogP contribution is -2.38. The first-order chi connectivity index (χ1) is 14.9. The average Bonchev–Trinajstić information content (AvgIpc) is 3.16. The van der Waals surface area contributed by atoms with Crippen LogP contribution in [0, 0.1) is 12.7 Å². The summed E-state index contributed by atoms with van der Waals surface area (Å²) in [5, 5.41) is 9.86. The van der Waals surface area contributed by atoms with Crippen molar-refractivity contribution >= 4 is 17.5 Å². The molecule has 0 saturated heterocycles. The molecule has 0 bridgehead atoms. The Balaban J connectivity index is 1.67. The van der Waals surface area contributed by atoms with Gasteiger partial charge in [-0.2, -0.15) is 17.5 Å². The molecule has 1 N–H and O–H groups in total. The van der Waals surface area contributed by atoms with Gasteiger partial charge in [0.15, 0.2) is 11.4 Å². The van der Waals surface area contributed by atoms with E-state index in [1.807, 2.05) is 19.1 Å². The van der Waals surface area contributed by atoms with Crippen LogP contribution in [0.2, 0.25) is 0 Å². The predicted molar refractivity (Wildman–Crippen MR) is 111 cm³/mol. The van der Waals surface area contributed by atoms with Crippen LogP contribution in [-0.2, 0) is 23.8 Å². The molecule has 0 aliphatic heterocycles. The number of rotatable bonds is 7. The van der Waals surface area contributed by atoms with E-state index in [-0.39, 0.29) is 11.4 Å². The fourth-order valence-electron chi connectivity index (χ4n) is 2.91. The second kappa shape index (κ2) is 8.85. The molecule has 0 saturated carbocycles. The van der Waals surface area contributed by atoms with E-state index in [4.69, 9.17) is 4.74 Å². The molecule has 32 heavy (non-hydrogen) atoms. The first-order valence-corrected chi connectivity index (χ1v) is 10.4. The molecule has 3 rings (SSSR count). The normalized spacial score (nSPS) is 12.1. The predicted octanol–water partition coefficient (Wildman–Crippen LogP) is 5.70. The fraction of sp³-hybridized carbons (Fsp3) is 0.318. The molecular weight excluding hydrogens is 448 g/mol. The zero-order valence-electron chi connectivity index (χ0n) is 17.5. The van der Waals surface area contributed by atoms with Gasteiger partial charge in [-0.25, -0.2) is 14.2 Å². The van der Waals surface area contributed by atoms with Gasteiger partial charge in [0.2, 0.25) is 0 Å². The third kappa shape index (κ3) is 5.42. The van der Waals surface area contributed by atoms with Crippen molar-refractivity contribution in [3.63, 3.8) is 0 Å². The number of aromatic nitrogens is 2. The van der Waals surface area contributed by atoms with Crippen LogP contribution in [0.1, 0.15) is 35.5 Å². The van der Waals surface area contributed by atoms with Gasteiger partial charge in [0.25, 0.3) is 0 Å². The molecule has 0 aliphatic carbocycles. The SMILES string of the molecule is Cc1cc(CCc2nc(-c3ccc(C(F)(F)F)c(F)c3)ns2)ccc1OC(C)(C)C(=O)O. The Bertz CT molecular complexity index is 1140. The smallest absolute Gasteiger partial charge is 0.419 e. The zero-order chi connectivity index (χ0) is 23.7. The van der Waals surface area contributed by atoms with Crippen molar-refractivity contribution in [2.24, 2.45) is 0 Å². The number of aryl methyl sites for hydroxylation is 3. The second-order valence-electron chi connectivity index (χ2n) is 7.72. The lowest BCUT2D eigenvalue weighted by Gasteiger charge is -2.23. The largest absolute Gasteiger partial charge is 0.478 e. The molecule has 1 aromatic heterocycles. The number of carboxylic acids is 1.